The molecular weight excluding hydrogens is 498 g/mol. The average molecular weight is 526 g/mol. The predicted octanol–water partition coefficient (Wildman–Crippen LogP) is 6.66. The number of para-hydroxylation sites is 1. The Morgan fingerprint density at radius 1 is 1.05 bits per heavy atom. The van der Waals surface area contributed by atoms with Crippen LogP contribution in [0.2, 0.25) is 0 Å². The number of carboxylic acid groups (broad SMARTS) is 1. The van der Waals surface area contributed by atoms with Gasteiger partial charge in [0.1, 0.15) is 23.9 Å². The molecule has 0 amide bonds. The Bertz CT molecular complexity index is 1450. The molecule has 1 N–H and O–H groups in total. The first kappa shape index (κ1) is 25.3. The Morgan fingerprint density at radius 2 is 1.71 bits per heavy atom. The summed E-state index contributed by atoms with van der Waals surface area (Å²) in [6.45, 7) is 3.86. The molecule has 1 aliphatic rings. The standard InChI is InChI=1S/C30H27N3O4S/c1-20-28(32-30(38-20)33-16-14-23(15-17-33)29(34)35)26-4-2-3-5-27(26)36-19-22-8-12-25(13-9-22)37-24-10-6-21(18-31)7-11-24/h2-13,23H,14-17,19H2,1H3,(H,34,35). The van der Waals surface area contributed by atoms with E-state index >= 15 is 0 Å². The number of hydrogen-bond acceptors (Lipinski definition) is 7. The van der Waals surface area contributed by atoms with Crippen molar-refractivity contribution >= 4 is 22.4 Å². The highest BCUT2D eigenvalue weighted by Gasteiger charge is 2.27. The van der Waals surface area contributed by atoms with E-state index < -0.39 is 5.97 Å². The van der Waals surface area contributed by atoms with Crippen LogP contribution in [-0.2, 0) is 11.4 Å². The molecule has 192 valence electrons. The Kier molecular flexibility index (Phi) is 7.57. The van der Waals surface area contributed by atoms with Crippen LogP contribution in [0.25, 0.3) is 11.3 Å². The second-order valence-corrected chi connectivity index (χ2v) is 10.3. The van der Waals surface area contributed by atoms with Crippen LogP contribution in [0.15, 0.2) is 72.8 Å². The fourth-order valence-corrected chi connectivity index (χ4v) is 5.40. The van der Waals surface area contributed by atoms with Crippen molar-refractivity contribution in [1.82, 2.24) is 4.98 Å². The Morgan fingerprint density at radius 3 is 2.37 bits per heavy atom. The molecular formula is C30H27N3O4S. The first-order valence-corrected chi connectivity index (χ1v) is 13.3. The first-order chi connectivity index (χ1) is 18.5. The minimum absolute atomic E-state index is 0.266. The second-order valence-electron chi connectivity index (χ2n) is 9.17. The maximum absolute atomic E-state index is 11.3. The maximum atomic E-state index is 11.3. The van der Waals surface area contributed by atoms with Gasteiger partial charge in [-0.3, -0.25) is 4.79 Å². The highest BCUT2D eigenvalue weighted by molar-refractivity contribution is 7.16. The molecule has 7 nitrogen and oxygen atoms in total. The summed E-state index contributed by atoms with van der Waals surface area (Å²) in [4.78, 5) is 19.5. The van der Waals surface area contributed by atoms with Gasteiger partial charge in [0.15, 0.2) is 5.13 Å². The molecule has 1 aromatic heterocycles. The monoisotopic (exact) mass is 525 g/mol. The number of aryl methyl sites for hydroxylation is 1. The molecule has 3 aromatic carbocycles. The van der Waals surface area contributed by atoms with E-state index in [1.807, 2.05) is 48.5 Å². The van der Waals surface area contributed by atoms with Crippen molar-refractivity contribution in [2.75, 3.05) is 18.0 Å². The number of nitriles is 1. The number of anilines is 1. The van der Waals surface area contributed by atoms with E-state index in [0.717, 1.165) is 32.6 Å². The lowest BCUT2D eigenvalue weighted by molar-refractivity contribution is -0.142. The lowest BCUT2D eigenvalue weighted by Crippen LogP contribution is -2.36. The zero-order valence-electron chi connectivity index (χ0n) is 21.0. The molecule has 0 unspecified atom stereocenters. The molecule has 38 heavy (non-hydrogen) atoms. The van der Waals surface area contributed by atoms with Gasteiger partial charge >= 0.3 is 5.97 Å². The SMILES string of the molecule is Cc1sc(N2CCC(C(=O)O)CC2)nc1-c1ccccc1OCc1ccc(Oc2ccc(C#N)cc2)cc1. The third kappa shape index (κ3) is 5.79. The molecule has 0 bridgehead atoms. The van der Waals surface area contributed by atoms with E-state index in [1.165, 1.54) is 0 Å². The van der Waals surface area contributed by atoms with E-state index in [1.54, 1.807) is 35.6 Å². The normalized spacial score (nSPS) is 13.6. The van der Waals surface area contributed by atoms with Crippen molar-refractivity contribution in [2.24, 2.45) is 5.92 Å². The van der Waals surface area contributed by atoms with E-state index in [0.29, 0.717) is 49.6 Å². The lowest BCUT2D eigenvalue weighted by atomic mass is 9.97. The maximum Gasteiger partial charge on any atom is 0.306 e. The fraction of sp³-hybridized carbons (Fsp3) is 0.233. The third-order valence-electron chi connectivity index (χ3n) is 6.58. The first-order valence-electron chi connectivity index (χ1n) is 12.4. The summed E-state index contributed by atoms with van der Waals surface area (Å²) in [5, 5.41) is 19.1. The Hall–Kier alpha value is -4.35. The van der Waals surface area contributed by atoms with Gasteiger partial charge in [0, 0.05) is 23.5 Å². The van der Waals surface area contributed by atoms with Crippen molar-refractivity contribution in [3.05, 3.63) is 88.8 Å². The smallest absolute Gasteiger partial charge is 0.306 e. The molecule has 2 heterocycles. The number of carbonyl (C=O) groups is 1. The summed E-state index contributed by atoms with van der Waals surface area (Å²) >= 11 is 1.63. The number of carboxylic acids is 1. The molecule has 4 aromatic rings. The minimum atomic E-state index is -0.708. The van der Waals surface area contributed by atoms with Crippen LogP contribution in [0.5, 0.6) is 17.2 Å². The van der Waals surface area contributed by atoms with Crippen LogP contribution >= 0.6 is 11.3 Å². The van der Waals surface area contributed by atoms with E-state index in [4.69, 9.17) is 19.7 Å². The number of aromatic nitrogens is 1. The van der Waals surface area contributed by atoms with Crippen LogP contribution < -0.4 is 14.4 Å². The molecule has 1 saturated heterocycles. The number of hydrogen-bond donors (Lipinski definition) is 1. The average Bonchev–Trinajstić information content (AvgIpc) is 3.34. The van der Waals surface area contributed by atoms with E-state index in [9.17, 15) is 9.90 Å². The summed E-state index contributed by atoms with van der Waals surface area (Å²) in [6.07, 6.45) is 1.28. The van der Waals surface area contributed by atoms with Gasteiger partial charge in [-0.05, 0) is 73.9 Å². The predicted molar refractivity (Wildman–Crippen MR) is 147 cm³/mol. The molecule has 1 aliphatic heterocycles. The highest BCUT2D eigenvalue weighted by atomic mass is 32.1. The second kappa shape index (κ2) is 11.4. The van der Waals surface area contributed by atoms with E-state index in [-0.39, 0.29) is 5.92 Å². The lowest BCUT2D eigenvalue weighted by Gasteiger charge is -2.29. The van der Waals surface area contributed by atoms with Gasteiger partial charge in [-0.25, -0.2) is 4.98 Å². The van der Waals surface area contributed by atoms with Gasteiger partial charge in [0.05, 0.1) is 23.2 Å². The van der Waals surface area contributed by atoms with Crippen molar-refractivity contribution in [2.45, 2.75) is 26.4 Å². The molecule has 0 aliphatic carbocycles. The van der Waals surface area contributed by atoms with Gasteiger partial charge in [-0.1, -0.05) is 24.3 Å². The van der Waals surface area contributed by atoms with Gasteiger partial charge in [0.2, 0.25) is 0 Å². The summed E-state index contributed by atoms with van der Waals surface area (Å²) < 4.78 is 12.1. The minimum Gasteiger partial charge on any atom is -0.488 e. The van der Waals surface area contributed by atoms with Crippen LogP contribution in [0, 0.1) is 24.2 Å². The molecule has 5 rings (SSSR count). The van der Waals surface area contributed by atoms with Gasteiger partial charge in [-0.2, -0.15) is 5.26 Å². The highest BCUT2D eigenvalue weighted by Crippen LogP contribution is 2.38. The number of benzene rings is 3. The Labute approximate surface area is 225 Å². The number of piperidine rings is 1. The summed E-state index contributed by atoms with van der Waals surface area (Å²) in [5.41, 5.74) is 3.43. The van der Waals surface area contributed by atoms with E-state index in [2.05, 4.69) is 17.9 Å². The van der Waals surface area contributed by atoms with Crippen LogP contribution in [0.4, 0.5) is 5.13 Å². The van der Waals surface area contributed by atoms with Crippen molar-refractivity contribution in [3.8, 4) is 34.6 Å². The molecule has 0 radical (unpaired) electrons. The summed E-state index contributed by atoms with van der Waals surface area (Å²) in [5.74, 6) is 1.16. The zero-order valence-corrected chi connectivity index (χ0v) is 21.8. The van der Waals surface area contributed by atoms with Crippen molar-refractivity contribution in [1.29, 1.82) is 5.26 Å². The topological polar surface area (TPSA) is 95.7 Å². The van der Waals surface area contributed by atoms with Crippen LogP contribution in [-0.4, -0.2) is 29.1 Å². The number of rotatable bonds is 8. The quantitative estimate of drug-likeness (QED) is 0.275. The van der Waals surface area contributed by atoms with Crippen LogP contribution in [0.3, 0.4) is 0 Å². The number of nitrogens with zero attached hydrogens (tertiary/aromatic N) is 3. The Balaban J connectivity index is 1.24. The molecule has 0 spiro atoms. The van der Waals surface area contributed by atoms with Gasteiger partial charge in [-0.15, -0.1) is 11.3 Å². The molecule has 8 heteroatoms. The number of ether oxygens (including phenoxy) is 2. The third-order valence-corrected chi connectivity index (χ3v) is 7.61. The molecule has 1 fully saturated rings. The molecule has 0 atom stereocenters. The van der Waals surface area contributed by atoms with Gasteiger partial charge < -0.3 is 19.5 Å². The summed E-state index contributed by atoms with van der Waals surface area (Å²) in [6, 6.07) is 24.7. The zero-order chi connectivity index (χ0) is 26.5. The van der Waals surface area contributed by atoms with Gasteiger partial charge in [0.25, 0.3) is 0 Å². The largest absolute Gasteiger partial charge is 0.488 e. The van der Waals surface area contributed by atoms with Crippen molar-refractivity contribution in [3.63, 3.8) is 0 Å². The van der Waals surface area contributed by atoms with Crippen LogP contribution in [0.1, 0.15) is 28.8 Å². The summed E-state index contributed by atoms with van der Waals surface area (Å²) in [7, 11) is 0. The fourth-order valence-electron chi connectivity index (χ4n) is 4.42. The molecule has 0 saturated carbocycles. The number of aliphatic carboxylic acids is 1. The van der Waals surface area contributed by atoms with Crippen molar-refractivity contribution < 1.29 is 19.4 Å². The number of thiazole rings is 1.